The Bertz CT molecular complexity index is 672. The van der Waals surface area contributed by atoms with Gasteiger partial charge in [-0.25, -0.2) is 0 Å². The van der Waals surface area contributed by atoms with Crippen LogP contribution in [0.3, 0.4) is 0 Å². The fourth-order valence-electron chi connectivity index (χ4n) is 2.28. The van der Waals surface area contributed by atoms with Gasteiger partial charge in [0.15, 0.2) is 0 Å². The second-order valence-corrected chi connectivity index (χ2v) is 4.61. The smallest absolute Gasteiger partial charge is 0.271 e. The topological polar surface area (TPSA) is 60.4 Å². The van der Waals surface area contributed by atoms with Crippen molar-refractivity contribution in [2.24, 2.45) is 4.99 Å². The fraction of sp³-hybridized carbons (Fsp3) is 0.267. The first-order valence-corrected chi connectivity index (χ1v) is 6.48. The van der Waals surface area contributed by atoms with Crippen LogP contribution in [-0.4, -0.2) is 15.7 Å². The van der Waals surface area contributed by atoms with Crippen LogP contribution in [0.25, 0.3) is 0 Å². The molecule has 0 radical (unpaired) electrons. The summed E-state index contributed by atoms with van der Waals surface area (Å²) in [6.07, 6.45) is 1.76. The molecule has 0 N–H and O–H groups in total. The van der Waals surface area contributed by atoms with Gasteiger partial charge in [-0.15, -0.1) is 0 Å². The van der Waals surface area contributed by atoms with Crippen molar-refractivity contribution in [3.8, 4) is 0 Å². The molecule has 0 fully saturated rings. The number of aryl methyl sites for hydroxylation is 1. The lowest BCUT2D eigenvalue weighted by Gasteiger charge is -2.04. The lowest BCUT2D eigenvalue weighted by atomic mass is 10.2. The first-order chi connectivity index (χ1) is 9.52. The molecule has 1 aromatic heterocycles. The Morgan fingerprint density at radius 1 is 1.35 bits per heavy atom. The highest BCUT2D eigenvalue weighted by molar-refractivity contribution is 5.84. The van der Waals surface area contributed by atoms with Gasteiger partial charge >= 0.3 is 0 Å². The van der Waals surface area contributed by atoms with E-state index in [4.69, 9.17) is 0 Å². The Morgan fingerprint density at radius 2 is 2.10 bits per heavy atom. The van der Waals surface area contributed by atoms with E-state index in [1.54, 1.807) is 18.3 Å². The van der Waals surface area contributed by atoms with Crippen molar-refractivity contribution in [1.29, 1.82) is 0 Å². The largest absolute Gasteiger partial charge is 0.349 e. The number of non-ortho nitro benzene ring substituents is 1. The number of aliphatic imine (C=N–C) groups is 1. The Kier molecular flexibility index (Phi) is 3.98. The number of aromatic nitrogens is 1. The number of nitro benzene ring substituents is 1. The van der Waals surface area contributed by atoms with Crippen molar-refractivity contribution in [3.63, 3.8) is 0 Å². The van der Waals surface area contributed by atoms with Gasteiger partial charge < -0.3 is 4.57 Å². The molecule has 0 saturated heterocycles. The molecule has 0 amide bonds. The van der Waals surface area contributed by atoms with E-state index in [1.165, 1.54) is 17.8 Å². The van der Waals surface area contributed by atoms with Crippen LogP contribution in [0.4, 0.5) is 11.4 Å². The molecule has 0 atom stereocenters. The van der Waals surface area contributed by atoms with E-state index >= 15 is 0 Å². The van der Waals surface area contributed by atoms with Crippen LogP contribution in [0, 0.1) is 24.0 Å². The molecule has 2 rings (SSSR count). The summed E-state index contributed by atoms with van der Waals surface area (Å²) in [5.74, 6) is 0. The molecular weight excluding hydrogens is 254 g/mol. The minimum Gasteiger partial charge on any atom is -0.349 e. The zero-order valence-electron chi connectivity index (χ0n) is 11.8. The van der Waals surface area contributed by atoms with E-state index in [9.17, 15) is 10.1 Å². The highest BCUT2D eigenvalue weighted by atomic mass is 16.6. The summed E-state index contributed by atoms with van der Waals surface area (Å²) < 4.78 is 2.20. The number of rotatable bonds is 4. The Balaban J connectivity index is 2.30. The minimum absolute atomic E-state index is 0.0543. The van der Waals surface area contributed by atoms with Crippen LogP contribution in [-0.2, 0) is 6.54 Å². The third-order valence-electron chi connectivity index (χ3n) is 3.32. The van der Waals surface area contributed by atoms with Crippen molar-refractivity contribution < 1.29 is 4.92 Å². The average Bonchev–Trinajstić information content (AvgIpc) is 2.71. The van der Waals surface area contributed by atoms with Gasteiger partial charge in [-0.3, -0.25) is 15.1 Å². The van der Waals surface area contributed by atoms with E-state index in [2.05, 4.69) is 29.5 Å². The molecule has 1 aromatic carbocycles. The quantitative estimate of drug-likeness (QED) is 0.482. The summed E-state index contributed by atoms with van der Waals surface area (Å²) in [5.41, 5.74) is 4.01. The SMILES string of the molecule is CCn1c(C)cc(C=Nc2cccc([N+](=O)[O-])c2)c1C. The van der Waals surface area contributed by atoms with Gasteiger partial charge in [0.25, 0.3) is 5.69 Å². The zero-order valence-corrected chi connectivity index (χ0v) is 11.8. The minimum atomic E-state index is -0.415. The molecule has 5 nitrogen and oxygen atoms in total. The van der Waals surface area contributed by atoms with Crippen molar-refractivity contribution in [2.75, 3.05) is 0 Å². The lowest BCUT2D eigenvalue weighted by Crippen LogP contribution is -1.99. The number of benzene rings is 1. The summed E-state index contributed by atoms with van der Waals surface area (Å²) in [7, 11) is 0. The number of nitro groups is 1. The lowest BCUT2D eigenvalue weighted by molar-refractivity contribution is -0.384. The molecular formula is C15H17N3O2. The second kappa shape index (κ2) is 5.69. The highest BCUT2D eigenvalue weighted by Gasteiger charge is 2.07. The van der Waals surface area contributed by atoms with Crippen LogP contribution < -0.4 is 0 Å². The molecule has 0 spiro atoms. The summed E-state index contributed by atoms with van der Waals surface area (Å²) in [6, 6.07) is 8.39. The first kappa shape index (κ1) is 14.0. The summed E-state index contributed by atoms with van der Waals surface area (Å²) in [4.78, 5) is 14.6. The molecule has 0 aliphatic carbocycles. The summed E-state index contributed by atoms with van der Waals surface area (Å²) in [6.45, 7) is 7.12. The molecule has 0 saturated carbocycles. The van der Waals surface area contributed by atoms with E-state index in [1.807, 2.05) is 6.92 Å². The van der Waals surface area contributed by atoms with Crippen LogP contribution in [0.2, 0.25) is 0 Å². The molecule has 1 heterocycles. The molecule has 0 bridgehead atoms. The monoisotopic (exact) mass is 271 g/mol. The number of hydrogen-bond donors (Lipinski definition) is 0. The Morgan fingerprint density at radius 3 is 2.70 bits per heavy atom. The highest BCUT2D eigenvalue weighted by Crippen LogP contribution is 2.20. The normalized spacial score (nSPS) is 11.2. The van der Waals surface area contributed by atoms with Gasteiger partial charge in [-0.1, -0.05) is 6.07 Å². The standard InChI is InChI=1S/C15H17N3O2/c1-4-17-11(2)8-13(12(17)3)10-16-14-6-5-7-15(9-14)18(19)20/h5-10H,4H2,1-3H3. The van der Waals surface area contributed by atoms with E-state index in [0.717, 1.165) is 17.8 Å². The van der Waals surface area contributed by atoms with Gasteiger partial charge in [0.2, 0.25) is 0 Å². The van der Waals surface area contributed by atoms with Crippen molar-refractivity contribution in [3.05, 3.63) is 57.4 Å². The average molecular weight is 271 g/mol. The molecule has 2 aromatic rings. The Hall–Kier alpha value is -2.43. The predicted molar refractivity (Wildman–Crippen MR) is 79.9 cm³/mol. The van der Waals surface area contributed by atoms with Gasteiger partial charge in [-0.2, -0.15) is 0 Å². The van der Waals surface area contributed by atoms with Crippen LogP contribution >= 0.6 is 0 Å². The molecule has 0 aliphatic rings. The van der Waals surface area contributed by atoms with E-state index < -0.39 is 4.92 Å². The fourth-order valence-corrected chi connectivity index (χ4v) is 2.28. The maximum Gasteiger partial charge on any atom is 0.271 e. The summed E-state index contributed by atoms with van der Waals surface area (Å²) >= 11 is 0. The Labute approximate surface area is 117 Å². The molecule has 0 unspecified atom stereocenters. The molecule has 20 heavy (non-hydrogen) atoms. The molecule has 0 aliphatic heterocycles. The maximum atomic E-state index is 10.7. The van der Waals surface area contributed by atoms with Gasteiger partial charge in [0.05, 0.1) is 10.6 Å². The van der Waals surface area contributed by atoms with Crippen LogP contribution in [0.1, 0.15) is 23.9 Å². The van der Waals surface area contributed by atoms with Crippen molar-refractivity contribution >= 4 is 17.6 Å². The maximum absolute atomic E-state index is 10.7. The van der Waals surface area contributed by atoms with Crippen LogP contribution in [0.15, 0.2) is 35.3 Å². The number of nitrogens with zero attached hydrogens (tertiary/aromatic N) is 3. The van der Waals surface area contributed by atoms with E-state index in [0.29, 0.717) is 5.69 Å². The second-order valence-electron chi connectivity index (χ2n) is 4.61. The van der Waals surface area contributed by atoms with Crippen molar-refractivity contribution in [1.82, 2.24) is 4.57 Å². The molecule has 5 heteroatoms. The molecule has 104 valence electrons. The zero-order chi connectivity index (χ0) is 14.7. The van der Waals surface area contributed by atoms with Crippen molar-refractivity contribution in [2.45, 2.75) is 27.3 Å². The first-order valence-electron chi connectivity index (χ1n) is 6.48. The van der Waals surface area contributed by atoms with Gasteiger partial charge in [-0.05, 0) is 32.9 Å². The van der Waals surface area contributed by atoms with Gasteiger partial charge in [0, 0.05) is 41.8 Å². The van der Waals surface area contributed by atoms with E-state index in [-0.39, 0.29) is 5.69 Å². The third-order valence-corrected chi connectivity index (χ3v) is 3.32. The van der Waals surface area contributed by atoms with Gasteiger partial charge in [0.1, 0.15) is 0 Å². The summed E-state index contributed by atoms with van der Waals surface area (Å²) in [5, 5.41) is 10.7. The third kappa shape index (κ3) is 2.77. The number of hydrogen-bond acceptors (Lipinski definition) is 3. The van der Waals surface area contributed by atoms with Crippen LogP contribution in [0.5, 0.6) is 0 Å². The predicted octanol–water partition coefficient (Wildman–Crippen LogP) is 3.78.